The predicted octanol–water partition coefficient (Wildman–Crippen LogP) is 1.22. The van der Waals surface area contributed by atoms with Gasteiger partial charge >= 0.3 is 0 Å². The maximum absolute atomic E-state index is 12.4. The van der Waals surface area contributed by atoms with Gasteiger partial charge in [0.1, 0.15) is 5.76 Å². The second-order valence-electron chi connectivity index (χ2n) is 6.22. The number of rotatable bonds is 5. The van der Waals surface area contributed by atoms with Gasteiger partial charge in [0, 0.05) is 25.4 Å². The molecule has 8 heteroatoms. The smallest absolute Gasteiger partial charge is 0.242 e. The quantitative estimate of drug-likeness (QED) is 0.885. The van der Waals surface area contributed by atoms with Gasteiger partial charge in [-0.3, -0.25) is 14.4 Å². The number of ether oxygens (including phenoxy) is 1. The van der Waals surface area contributed by atoms with Crippen LogP contribution in [0.15, 0.2) is 23.0 Å². The maximum Gasteiger partial charge on any atom is 0.242 e. The van der Waals surface area contributed by atoms with Gasteiger partial charge in [0.25, 0.3) is 0 Å². The Balaban J connectivity index is 1.55. The van der Waals surface area contributed by atoms with Crippen molar-refractivity contribution in [2.24, 2.45) is 0 Å². The van der Waals surface area contributed by atoms with Gasteiger partial charge in [0.15, 0.2) is 5.82 Å². The monoisotopic (exact) mass is 333 g/mol. The summed E-state index contributed by atoms with van der Waals surface area (Å²) in [6.45, 7) is 8.38. The number of carbonyl (C=O) groups is 1. The predicted molar refractivity (Wildman–Crippen MR) is 87.6 cm³/mol. The minimum Gasteiger partial charge on any atom is -0.374 e. The molecule has 130 valence electrons. The minimum atomic E-state index is -0.271. The molecule has 24 heavy (non-hydrogen) atoms. The molecule has 0 saturated carbocycles. The molecule has 2 atom stereocenters. The van der Waals surface area contributed by atoms with Crippen LogP contribution in [0.5, 0.6) is 0 Å². The molecule has 3 heterocycles. The van der Waals surface area contributed by atoms with Crippen LogP contribution in [0, 0.1) is 13.8 Å². The first kappa shape index (κ1) is 16.7. The van der Waals surface area contributed by atoms with Crippen LogP contribution in [-0.2, 0) is 16.1 Å². The second kappa shape index (κ2) is 7.14. The van der Waals surface area contributed by atoms with Crippen LogP contribution >= 0.6 is 0 Å². The number of hydrogen-bond donors (Lipinski definition) is 1. The highest BCUT2D eigenvalue weighted by molar-refractivity contribution is 5.93. The SMILES string of the molecule is Cc1cnn(C[C@@H]2CN([C@@H](C)C(=O)Nc3cc(C)on3)CCO2)c1. The van der Waals surface area contributed by atoms with Crippen molar-refractivity contribution in [2.75, 3.05) is 25.0 Å². The van der Waals surface area contributed by atoms with Gasteiger partial charge in [-0.15, -0.1) is 0 Å². The second-order valence-corrected chi connectivity index (χ2v) is 6.22. The standard InChI is InChI=1S/C16H23N5O3/c1-11-7-17-21(8-11)10-14-9-20(4-5-23-14)13(3)16(22)18-15-6-12(2)24-19-15/h6-8,13-14H,4-5,9-10H2,1-3H3,(H,18,19,22)/t13-,14-/m0/s1. The topological polar surface area (TPSA) is 85.4 Å². The van der Waals surface area contributed by atoms with Crippen molar-refractivity contribution < 1.29 is 14.1 Å². The van der Waals surface area contributed by atoms with E-state index >= 15 is 0 Å². The Morgan fingerprint density at radius 3 is 3.00 bits per heavy atom. The largest absolute Gasteiger partial charge is 0.374 e. The van der Waals surface area contributed by atoms with Crippen molar-refractivity contribution in [3.63, 3.8) is 0 Å². The van der Waals surface area contributed by atoms with Crippen molar-refractivity contribution >= 4 is 11.7 Å². The average molecular weight is 333 g/mol. The van der Waals surface area contributed by atoms with Gasteiger partial charge in [0.05, 0.1) is 31.5 Å². The number of anilines is 1. The van der Waals surface area contributed by atoms with Gasteiger partial charge in [-0.2, -0.15) is 5.10 Å². The molecule has 0 spiro atoms. The van der Waals surface area contributed by atoms with Crippen molar-refractivity contribution in [3.8, 4) is 0 Å². The fourth-order valence-electron chi connectivity index (χ4n) is 2.80. The van der Waals surface area contributed by atoms with E-state index in [-0.39, 0.29) is 18.1 Å². The third-order valence-corrected chi connectivity index (χ3v) is 4.13. The number of morpholine rings is 1. The van der Waals surface area contributed by atoms with Crippen molar-refractivity contribution in [1.29, 1.82) is 0 Å². The van der Waals surface area contributed by atoms with E-state index in [0.29, 0.717) is 31.3 Å². The maximum atomic E-state index is 12.4. The summed E-state index contributed by atoms with van der Waals surface area (Å²) in [5, 5.41) is 10.9. The molecule has 0 radical (unpaired) electrons. The summed E-state index contributed by atoms with van der Waals surface area (Å²) in [5.41, 5.74) is 1.12. The number of hydrogen-bond acceptors (Lipinski definition) is 6. The summed E-state index contributed by atoms with van der Waals surface area (Å²) in [6, 6.07) is 1.43. The number of amides is 1. The van der Waals surface area contributed by atoms with E-state index in [2.05, 4.69) is 20.5 Å². The fourth-order valence-corrected chi connectivity index (χ4v) is 2.80. The van der Waals surface area contributed by atoms with Crippen LogP contribution in [0.3, 0.4) is 0 Å². The van der Waals surface area contributed by atoms with E-state index in [4.69, 9.17) is 9.26 Å². The fraction of sp³-hybridized carbons (Fsp3) is 0.562. The molecule has 0 unspecified atom stereocenters. The van der Waals surface area contributed by atoms with E-state index in [1.165, 1.54) is 0 Å². The van der Waals surface area contributed by atoms with Gasteiger partial charge in [-0.1, -0.05) is 5.16 Å². The van der Waals surface area contributed by atoms with E-state index < -0.39 is 0 Å². The molecule has 1 amide bonds. The molecule has 1 aliphatic rings. The summed E-state index contributed by atoms with van der Waals surface area (Å²) in [7, 11) is 0. The third-order valence-electron chi connectivity index (χ3n) is 4.13. The zero-order valence-electron chi connectivity index (χ0n) is 14.2. The first-order valence-electron chi connectivity index (χ1n) is 8.10. The van der Waals surface area contributed by atoms with Crippen LogP contribution in [0.2, 0.25) is 0 Å². The molecule has 2 aromatic rings. The van der Waals surface area contributed by atoms with Crippen molar-refractivity contribution in [3.05, 3.63) is 29.8 Å². The molecule has 1 aliphatic heterocycles. The van der Waals surface area contributed by atoms with Crippen LogP contribution < -0.4 is 5.32 Å². The lowest BCUT2D eigenvalue weighted by atomic mass is 10.2. The molecule has 0 aliphatic carbocycles. The highest BCUT2D eigenvalue weighted by Gasteiger charge is 2.28. The Morgan fingerprint density at radius 2 is 2.33 bits per heavy atom. The molecule has 8 nitrogen and oxygen atoms in total. The Kier molecular flexibility index (Phi) is 4.96. The molecule has 1 fully saturated rings. The van der Waals surface area contributed by atoms with Crippen LogP contribution in [-0.4, -0.2) is 57.6 Å². The van der Waals surface area contributed by atoms with Crippen LogP contribution in [0.4, 0.5) is 5.82 Å². The first-order valence-corrected chi connectivity index (χ1v) is 8.10. The van der Waals surface area contributed by atoms with E-state index in [0.717, 1.165) is 12.1 Å². The van der Waals surface area contributed by atoms with E-state index in [9.17, 15) is 4.79 Å². The highest BCUT2D eigenvalue weighted by Crippen LogP contribution is 2.13. The van der Waals surface area contributed by atoms with Crippen molar-refractivity contribution in [2.45, 2.75) is 39.5 Å². The summed E-state index contributed by atoms with van der Waals surface area (Å²) in [5.74, 6) is 1.01. The number of aromatic nitrogens is 3. The molecule has 3 rings (SSSR count). The number of carbonyl (C=O) groups excluding carboxylic acids is 1. The number of aryl methyl sites for hydroxylation is 2. The van der Waals surface area contributed by atoms with Gasteiger partial charge < -0.3 is 14.6 Å². The molecule has 1 saturated heterocycles. The summed E-state index contributed by atoms with van der Waals surface area (Å²) >= 11 is 0. The Hall–Kier alpha value is -2.19. The number of nitrogens with one attached hydrogen (secondary N) is 1. The zero-order valence-corrected chi connectivity index (χ0v) is 14.2. The van der Waals surface area contributed by atoms with E-state index in [1.807, 2.05) is 30.9 Å². The van der Waals surface area contributed by atoms with Crippen LogP contribution in [0.25, 0.3) is 0 Å². The number of nitrogens with zero attached hydrogens (tertiary/aromatic N) is 4. The highest BCUT2D eigenvalue weighted by atomic mass is 16.5. The normalized spacial score (nSPS) is 20.0. The molecular formula is C16H23N5O3. The molecule has 0 aromatic carbocycles. The molecule has 2 aromatic heterocycles. The summed E-state index contributed by atoms with van der Waals surface area (Å²) in [4.78, 5) is 14.5. The minimum absolute atomic E-state index is 0.0163. The Bertz CT molecular complexity index is 695. The lowest BCUT2D eigenvalue weighted by Crippen LogP contribution is -2.51. The summed E-state index contributed by atoms with van der Waals surface area (Å²) in [6.07, 6.45) is 3.84. The zero-order chi connectivity index (χ0) is 17.1. The summed E-state index contributed by atoms with van der Waals surface area (Å²) < 4.78 is 12.7. The average Bonchev–Trinajstić information content (AvgIpc) is 3.15. The first-order chi connectivity index (χ1) is 11.5. The van der Waals surface area contributed by atoms with Gasteiger partial charge in [-0.05, 0) is 26.3 Å². The lowest BCUT2D eigenvalue weighted by molar-refractivity contribution is -0.124. The van der Waals surface area contributed by atoms with Gasteiger partial charge in [-0.25, -0.2) is 0 Å². The molecule has 0 bridgehead atoms. The molecule has 1 N–H and O–H groups in total. The van der Waals surface area contributed by atoms with Crippen molar-refractivity contribution in [1.82, 2.24) is 19.8 Å². The van der Waals surface area contributed by atoms with Crippen LogP contribution in [0.1, 0.15) is 18.2 Å². The lowest BCUT2D eigenvalue weighted by Gasteiger charge is -2.35. The Morgan fingerprint density at radius 1 is 1.50 bits per heavy atom. The van der Waals surface area contributed by atoms with Gasteiger partial charge in [0.2, 0.25) is 5.91 Å². The van der Waals surface area contributed by atoms with E-state index in [1.54, 1.807) is 13.0 Å². The Labute approximate surface area is 140 Å². The third kappa shape index (κ3) is 4.01. The molecular weight excluding hydrogens is 310 g/mol.